The summed E-state index contributed by atoms with van der Waals surface area (Å²) in [7, 11) is 0. The quantitative estimate of drug-likeness (QED) is 0.820. The molecule has 134 valence electrons. The van der Waals surface area contributed by atoms with Crippen molar-refractivity contribution in [2.75, 3.05) is 11.9 Å². The van der Waals surface area contributed by atoms with Gasteiger partial charge in [0, 0.05) is 0 Å². The minimum absolute atomic E-state index is 0.289. The van der Waals surface area contributed by atoms with E-state index in [1.807, 2.05) is 65.0 Å². The fourth-order valence-corrected chi connectivity index (χ4v) is 2.36. The van der Waals surface area contributed by atoms with Gasteiger partial charge in [0.15, 0.2) is 0 Å². The molecule has 2 aromatic rings. The number of rotatable bonds is 6. The molecule has 1 aromatic heterocycles. The van der Waals surface area contributed by atoms with Crippen LogP contribution in [0, 0.1) is 26.7 Å². The highest BCUT2D eigenvalue weighted by Gasteiger charge is 2.16. The molecular weight excluding hydrogens is 316 g/mol. The zero-order valence-corrected chi connectivity index (χ0v) is 15.6. The third-order valence-electron chi connectivity index (χ3n) is 3.86. The second-order valence-corrected chi connectivity index (χ2v) is 6.52. The number of hydrogen-bond acceptors (Lipinski definition) is 4. The molecule has 0 spiro atoms. The monoisotopic (exact) mass is 342 g/mol. The lowest BCUT2D eigenvalue weighted by atomic mass is 10.1. The van der Waals surface area contributed by atoms with Gasteiger partial charge in [0.2, 0.25) is 0 Å². The fourth-order valence-electron chi connectivity index (χ4n) is 2.36. The van der Waals surface area contributed by atoms with E-state index in [1.165, 1.54) is 0 Å². The van der Waals surface area contributed by atoms with E-state index in [9.17, 15) is 4.79 Å². The molecule has 1 amide bonds. The van der Waals surface area contributed by atoms with Gasteiger partial charge < -0.3 is 9.47 Å². The average molecular weight is 342 g/mol. The molecule has 0 unspecified atom stereocenters. The van der Waals surface area contributed by atoms with Crippen LogP contribution < -0.4 is 10.1 Å². The maximum absolute atomic E-state index is 11.9. The minimum atomic E-state index is -0.485. The van der Waals surface area contributed by atoms with E-state index < -0.39 is 6.09 Å². The fraction of sp³-hybridized carbons (Fsp3) is 0.400. The normalized spacial score (nSPS) is 10.6. The van der Waals surface area contributed by atoms with Crippen molar-refractivity contribution < 1.29 is 14.3 Å². The van der Waals surface area contributed by atoms with Gasteiger partial charge >= 0.3 is 6.09 Å². The average Bonchev–Trinajstić information content (AvgIpc) is 2.58. The molecule has 1 heterocycles. The van der Waals surface area contributed by atoms with Gasteiger partial charge in [-0.15, -0.1) is 0 Å². The third kappa shape index (κ3) is 5.21. The predicted molar refractivity (Wildman–Crippen MR) is 99.0 cm³/mol. The number of aryl methyl sites for hydroxylation is 1. The van der Waals surface area contributed by atoms with Crippen molar-refractivity contribution in [3.63, 3.8) is 0 Å². The highest BCUT2D eigenvalue weighted by atomic mass is 16.5. The summed E-state index contributed by atoms with van der Waals surface area (Å²) in [5.74, 6) is 1.55. The van der Waals surface area contributed by atoms with Gasteiger partial charge in [-0.2, -0.15) is 0 Å². The first-order valence-corrected chi connectivity index (χ1v) is 8.46. The SMILES string of the molecule is Cc1nc(NC(=O)OCC(C)C)c(C)c(C)c1OCc1ccccc1. The van der Waals surface area contributed by atoms with Crippen LogP contribution in [0.4, 0.5) is 10.6 Å². The number of nitrogens with zero attached hydrogens (tertiary/aromatic N) is 1. The van der Waals surface area contributed by atoms with Gasteiger partial charge in [0.1, 0.15) is 18.2 Å². The molecule has 1 N–H and O–H groups in total. The Balaban J connectivity index is 2.11. The molecule has 0 aliphatic carbocycles. The molecule has 0 bridgehead atoms. The van der Waals surface area contributed by atoms with E-state index in [4.69, 9.17) is 9.47 Å². The van der Waals surface area contributed by atoms with Crippen LogP contribution in [0.1, 0.15) is 36.2 Å². The van der Waals surface area contributed by atoms with Crippen LogP contribution in [-0.2, 0) is 11.3 Å². The Kier molecular flexibility index (Phi) is 6.39. The zero-order valence-electron chi connectivity index (χ0n) is 15.6. The van der Waals surface area contributed by atoms with Crippen LogP contribution in [-0.4, -0.2) is 17.7 Å². The summed E-state index contributed by atoms with van der Waals surface area (Å²) in [6.07, 6.45) is -0.485. The summed E-state index contributed by atoms with van der Waals surface area (Å²) in [6.45, 7) is 10.6. The summed E-state index contributed by atoms with van der Waals surface area (Å²) in [5, 5.41) is 2.72. The summed E-state index contributed by atoms with van der Waals surface area (Å²) in [6, 6.07) is 9.98. The Labute approximate surface area is 149 Å². The molecular formula is C20H26N2O3. The Hall–Kier alpha value is -2.56. The van der Waals surface area contributed by atoms with Gasteiger partial charge in [-0.05, 0) is 43.4 Å². The van der Waals surface area contributed by atoms with E-state index in [0.717, 1.165) is 28.1 Å². The van der Waals surface area contributed by atoms with Gasteiger partial charge in [-0.3, -0.25) is 5.32 Å². The van der Waals surface area contributed by atoms with E-state index >= 15 is 0 Å². The van der Waals surface area contributed by atoms with Gasteiger partial charge in [0.25, 0.3) is 0 Å². The molecule has 25 heavy (non-hydrogen) atoms. The first-order valence-electron chi connectivity index (χ1n) is 8.46. The lowest BCUT2D eigenvalue weighted by Gasteiger charge is -2.17. The number of anilines is 1. The molecule has 0 radical (unpaired) electrons. The van der Waals surface area contributed by atoms with E-state index in [1.54, 1.807) is 0 Å². The number of carbonyl (C=O) groups excluding carboxylic acids is 1. The highest BCUT2D eigenvalue weighted by Crippen LogP contribution is 2.29. The van der Waals surface area contributed by atoms with Crippen LogP contribution in [0.15, 0.2) is 30.3 Å². The number of carbonyl (C=O) groups is 1. The van der Waals surface area contributed by atoms with Crippen molar-refractivity contribution in [2.45, 2.75) is 41.2 Å². The largest absolute Gasteiger partial charge is 0.487 e. The molecule has 0 saturated carbocycles. The lowest BCUT2D eigenvalue weighted by molar-refractivity contribution is 0.147. The summed E-state index contributed by atoms with van der Waals surface area (Å²) in [4.78, 5) is 16.4. The second kappa shape index (κ2) is 8.51. The number of amides is 1. The van der Waals surface area contributed by atoms with Crippen molar-refractivity contribution in [1.29, 1.82) is 0 Å². The molecule has 5 heteroatoms. The minimum Gasteiger partial charge on any atom is -0.487 e. The van der Waals surface area contributed by atoms with Crippen molar-refractivity contribution in [3.05, 3.63) is 52.7 Å². The van der Waals surface area contributed by atoms with Gasteiger partial charge in [0.05, 0.1) is 12.3 Å². The number of nitrogens with one attached hydrogen (secondary N) is 1. The van der Waals surface area contributed by atoms with Crippen molar-refractivity contribution in [2.24, 2.45) is 5.92 Å². The second-order valence-electron chi connectivity index (χ2n) is 6.52. The third-order valence-corrected chi connectivity index (χ3v) is 3.86. The number of aromatic nitrogens is 1. The smallest absolute Gasteiger partial charge is 0.412 e. The predicted octanol–water partition coefficient (Wildman–Crippen LogP) is 4.79. The molecule has 1 aromatic carbocycles. The van der Waals surface area contributed by atoms with Crippen LogP contribution >= 0.6 is 0 Å². The van der Waals surface area contributed by atoms with Gasteiger partial charge in [-0.1, -0.05) is 44.2 Å². The van der Waals surface area contributed by atoms with Crippen LogP contribution in [0.3, 0.4) is 0 Å². The number of ether oxygens (including phenoxy) is 2. The zero-order chi connectivity index (χ0) is 18.4. The Morgan fingerprint density at radius 1 is 1.12 bits per heavy atom. The van der Waals surface area contributed by atoms with Gasteiger partial charge in [-0.25, -0.2) is 9.78 Å². The number of pyridine rings is 1. The van der Waals surface area contributed by atoms with E-state index in [0.29, 0.717) is 19.0 Å². The van der Waals surface area contributed by atoms with E-state index in [2.05, 4.69) is 10.3 Å². The van der Waals surface area contributed by atoms with Crippen molar-refractivity contribution in [3.8, 4) is 5.75 Å². The highest BCUT2D eigenvalue weighted by molar-refractivity contribution is 5.84. The first kappa shape index (κ1) is 18.8. The van der Waals surface area contributed by atoms with Crippen LogP contribution in [0.2, 0.25) is 0 Å². The van der Waals surface area contributed by atoms with Crippen LogP contribution in [0.5, 0.6) is 5.75 Å². The maximum Gasteiger partial charge on any atom is 0.412 e. The Morgan fingerprint density at radius 2 is 1.80 bits per heavy atom. The van der Waals surface area contributed by atoms with Crippen LogP contribution in [0.25, 0.3) is 0 Å². The van der Waals surface area contributed by atoms with Crippen molar-refractivity contribution in [1.82, 2.24) is 4.98 Å². The topological polar surface area (TPSA) is 60.5 Å². The molecule has 2 rings (SSSR count). The summed E-state index contributed by atoms with van der Waals surface area (Å²) in [5.41, 5.74) is 3.66. The molecule has 0 aliphatic rings. The summed E-state index contributed by atoms with van der Waals surface area (Å²) < 4.78 is 11.1. The molecule has 5 nitrogen and oxygen atoms in total. The molecule has 0 aliphatic heterocycles. The Bertz CT molecular complexity index is 727. The Morgan fingerprint density at radius 3 is 2.44 bits per heavy atom. The lowest BCUT2D eigenvalue weighted by Crippen LogP contribution is -2.18. The van der Waals surface area contributed by atoms with Crippen molar-refractivity contribution >= 4 is 11.9 Å². The molecule has 0 saturated heterocycles. The van der Waals surface area contributed by atoms with E-state index in [-0.39, 0.29) is 5.92 Å². The number of benzene rings is 1. The molecule has 0 atom stereocenters. The number of hydrogen-bond donors (Lipinski definition) is 1. The summed E-state index contributed by atoms with van der Waals surface area (Å²) >= 11 is 0. The molecule has 0 fully saturated rings. The first-order chi connectivity index (χ1) is 11.9. The standard InChI is InChI=1S/C20H26N2O3/c1-13(2)11-25-20(23)22-19-15(4)14(3)18(16(5)21-19)24-12-17-9-7-6-8-10-17/h6-10,13H,11-12H2,1-5H3,(H,21,22,23). The maximum atomic E-state index is 11.9.